The molecule has 0 heterocycles. The summed E-state index contributed by atoms with van der Waals surface area (Å²) >= 11 is 0. The van der Waals surface area contributed by atoms with Gasteiger partial charge in [0.2, 0.25) is 0 Å². The second-order valence-corrected chi connectivity index (χ2v) is 7.58. The zero-order chi connectivity index (χ0) is 20.7. The molecule has 0 amide bonds. The van der Waals surface area contributed by atoms with Gasteiger partial charge in [-0.05, 0) is 34.5 Å². The van der Waals surface area contributed by atoms with Gasteiger partial charge < -0.3 is 19.6 Å². The van der Waals surface area contributed by atoms with E-state index in [1.165, 1.54) is 0 Å². The molecule has 0 aliphatic heterocycles. The van der Waals surface area contributed by atoms with Gasteiger partial charge in [0.15, 0.2) is 0 Å². The molecule has 0 saturated carbocycles. The molecule has 0 spiro atoms. The first-order valence-corrected chi connectivity index (χ1v) is 10.5. The minimum absolute atomic E-state index is 0.135. The Bertz CT molecular complexity index is 1060. The molecule has 29 heavy (non-hydrogen) atoms. The van der Waals surface area contributed by atoms with Crippen LogP contribution in [0.4, 0.5) is 0 Å². The molecule has 0 saturated heterocycles. The highest BCUT2D eigenvalue weighted by Gasteiger charge is 2.21. The van der Waals surface area contributed by atoms with Gasteiger partial charge in [0, 0.05) is 11.1 Å². The van der Waals surface area contributed by atoms with Crippen molar-refractivity contribution < 1.29 is 28.7 Å². The molecule has 3 N–H and O–H groups in total. The summed E-state index contributed by atoms with van der Waals surface area (Å²) in [5, 5.41) is 11.3. The summed E-state index contributed by atoms with van der Waals surface area (Å²) in [5.41, 5.74) is 2.70. The minimum Gasteiger partial charge on any atom is -0.394 e. The average molecular weight is 412 g/mol. The Labute approximate surface area is 169 Å². The first-order chi connectivity index (χ1) is 13.9. The van der Waals surface area contributed by atoms with Crippen molar-refractivity contribution in [1.82, 2.24) is 0 Å². The Morgan fingerprint density at radius 2 is 1.66 bits per heavy atom. The van der Waals surface area contributed by atoms with Gasteiger partial charge in [-0.2, -0.15) is 0 Å². The average Bonchev–Trinajstić information content (AvgIpc) is 2.71. The molecule has 0 bridgehead atoms. The monoisotopic (exact) mass is 412 g/mol. The van der Waals surface area contributed by atoms with Crippen molar-refractivity contribution in [2.45, 2.75) is 12.7 Å². The topological polar surface area (TPSA) is 96.2 Å². The number of hydrogen-bond donors (Lipinski definition) is 3. The van der Waals surface area contributed by atoms with E-state index in [0.717, 1.165) is 27.5 Å². The van der Waals surface area contributed by atoms with Gasteiger partial charge in [0.05, 0.1) is 19.8 Å². The largest absolute Gasteiger partial charge is 0.470 e. The van der Waals surface area contributed by atoms with E-state index in [2.05, 4.69) is 34.6 Å². The molecule has 0 aromatic heterocycles. The van der Waals surface area contributed by atoms with E-state index >= 15 is 0 Å². The number of hydrogen-bond acceptors (Lipinski definition) is 4. The highest BCUT2D eigenvalue weighted by atomic mass is 31.2. The standard InChI is InChI=1S/C22H21O6P/c23-14-21(28-29(24,25)26)16-27-15-18-10-8-17(9-11-18)12-13-20-6-3-5-19-4-1-2-7-22(19)20/h1-11,21,23H,14-16H2,(H2,24,25,26)/t21-/m1/s1. The highest BCUT2D eigenvalue weighted by molar-refractivity contribution is 7.46. The Hall–Kier alpha value is -2.49. The fraction of sp³-hybridized carbons (Fsp3) is 0.182. The maximum absolute atomic E-state index is 10.8. The number of phosphoric ester groups is 1. The third-order valence-corrected chi connectivity index (χ3v) is 4.72. The first-order valence-electron chi connectivity index (χ1n) is 8.96. The van der Waals surface area contributed by atoms with Crippen LogP contribution in [-0.2, 0) is 20.4 Å². The number of ether oxygens (including phenoxy) is 1. The highest BCUT2D eigenvalue weighted by Crippen LogP contribution is 2.37. The third-order valence-electron chi connectivity index (χ3n) is 4.15. The van der Waals surface area contributed by atoms with Crippen molar-refractivity contribution in [3.8, 4) is 11.8 Å². The normalized spacial score (nSPS) is 12.4. The van der Waals surface area contributed by atoms with Crippen molar-refractivity contribution in [3.05, 3.63) is 83.4 Å². The van der Waals surface area contributed by atoms with E-state index in [4.69, 9.17) is 19.6 Å². The van der Waals surface area contributed by atoms with Gasteiger partial charge in [0.25, 0.3) is 0 Å². The third kappa shape index (κ3) is 6.52. The van der Waals surface area contributed by atoms with Gasteiger partial charge in [-0.15, -0.1) is 0 Å². The minimum atomic E-state index is -4.66. The van der Waals surface area contributed by atoms with Crippen LogP contribution in [0.25, 0.3) is 10.8 Å². The van der Waals surface area contributed by atoms with Crippen LogP contribution in [0.15, 0.2) is 66.7 Å². The summed E-state index contributed by atoms with van der Waals surface area (Å²) in [6.07, 6.45) is -1.08. The lowest BCUT2D eigenvalue weighted by Crippen LogP contribution is -2.22. The summed E-state index contributed by atoms with van der Waals surface area (Å²) < 4.78 is 20.6. The van der Waals surface area contributed by atoms with Gasteiger partial charge in [0.1, 0.15) is 6.10 Å². The summed E-state index contributed by atoms with van der Waals surface area (Å²) in [6.45, 7) is -0.462. The molecule has 0 unspecified atom stereocenters. The second kappa shape index (κ2) is 9.82. The molecule has 7 heteroatoms. The molecule has 150 valence electrons. The van der Waals surface area contributed by atoms with E-state index in [1.54, 1.807) is 0 Å². The zero-order valence-electron chi connectivity index (χ0n) is 15.6. The van der Waals surface area contributed by atoms with E-state index < -0.39 is 20.5 Å². The van der Waals surface area contributed by atoms with E-state index in [0.29, 0.717) is 0 Å². The fourth-order valence-electron chi connectivity index (χ4n) is 2.78. The fourth-order valence-corrected chi connectivity index (χ4v) is 3.29. The first kappa shape index (κ1) is 21.2. The Balaban J connectivity index is 1.60. The molecular formula is C22H21O6P. The van der Waals surface area contributed by atoms with Crippen molar-refractivity contribution in [3.63, 3.8) is 0 Å². The van der Waals surface area contributed by atoms with Crippen LogP contribution in [0.1, 0.15) is 16.7 Å². The summed E-state index contributed by atoms with van der Waals surface area (Å²) in [5.74, 6) is 6.37. The van der Waals surface area contributed by atoms with Crippen LogP contribution in [0.2, 0.25) is 0 Å². The van der Waals surface area contributed by atoms with E-state index in [9.17, 15) is 4.57 Å². The lowest BCUT2D eigenvalue weighted by Gasteiger charge is -2.15. The van der Waals surface area contributed by atoms with Crippen LogP contribution < -0.4 is 0 Å². The van der Waals surface area contributed by atoms with Crippen LogP contribution in [0.5, 0.6) is 0 Å². The second-order valence-electron chi connectivity index (χ2n) is 6.39. The van der Waals surface area contributed by atoms with Gasteiger partial charge in [-0.25, -0.2) is 4.57 Å². The number of aliphatic hydroxyl groups is 1. The molecule has 6 nitrogen and oxygen atoms in total. The van der Waals surface area contributed by atoms with Crippen molar-refractivity contribution in [2.24, 2.45) is 0 Å². The summed E-state index contributed by atoms with van der Waals surface area (Å²) in [4.78, 5) is 17.5. The molecule has 0 radical (unpaired) electrons. The molecule has 3 aromatic rings. The molecule has 0 fully saturated rings. The number of benzene rings is 3. The number of aliphatic hydroxyl groups excluding tert-OH is 1. The Morgan fingerprint density at radius 1 is 0.931 bits per heavy atom. The van der Waals surface area contributed by atoms with Crippen molar-refractivity contribution >= 4 is 18.6 Å². The number of fused-ring (bicyclic) bond motifs is 1. The van der Waals surface area contributed by atoms with Crippen LogP contribution in [0.3, 0.4) is 0 Å². The Kier molecular flexibility index (Phi) is 7.18. The SMILES string of the molecule is O=P(O)(O)O[C@H](CO)COCc1ccc(C#Cc2cccc3ccccc23)cc1. The van der Waals surface area contributed by atoms with E-state index in [-0.39, 0.29) is 13.2 Å². The lowest BCUT2D eigenvalue weighted by atomic mass is 10.0. The molecule has 0 aliphatic rings. The lowest BCUT2D eigenvalue weighted by molar-refractivity contribution is -0.000659. The molecule has 0 aliphatic carbocycles. The van der Waals surface area contributed by atoms with E-state index in [1.807, 2.05) is 48.5 Å². The quantitative estimate of drug-likeness (QED) is 0.407. The number of phosphoric acid groups is 1. The maximum atomic E-state index is 10.8. The molecule has 3 rings (SSSR count). The molecular weight excluding hydrogens is 391 g/mol. The van der Waals surface area contributed by atoms with Crippen LogP contribution in [-0.4, -0.2) is 34.2 Å². The predicted molar refractivity (Wildman–Crippen MR) is 110 cm³/mol. The van der Waals surface area contributed by atoms with Gasteiger partial charge in [-0.1, -0.05) is 60.4 Å². The molecule has 3 aromatic carbocycles. The number of rotatable bonds is 7. The summed E-state index contributed by atoms with van der Waals surface area (Å²) in [6, 6.07) is 21.6. The van der Waals surface area contributed by atoms with Crippen molar-refractivity contribution in [1.29, 1.82) is 0 Å². The summed E-state index contributed by atoms with van der Waals surface area (Å²) in [7, 11) is -4.66. The predicted octanol–water partition coefficient (Wildman–Crippen LogP) is 3.23. The van der Waals surface area contributed by atoms with Gasteiger partial charge >= 0.3 is 7.82 Å². The smallest absolute Gasteiger partial charge is 0.394 e. The van der Waals surface area contributed by atoms with Crippen molar-refractivity contribution in [2.75, 3.05) is 13.2 Å². The van der Waals surface area contributed by atoms with Crippen LogP contribution >= 0.6 is 7.82 Å². The Morgan fingerprint density at radius 3 is 2.38 bits per heavy atom. The maximum Gasteiger partial charge on any atom is 0.470 e. The zero-order valence-corrected chi connectivity index (χ0v) is 16.5. The van der Waals surface area contributed by atoms with Crippen LogP contribution in [0, 0.1) is 11.8 Å². The van der Waals surface area contributed by atoms with Gasteiger partial charge in [-0.3, -0.25) is 4.52 Å². The molecule has 1 atom stereocenters.